The Hall–Kier alpha value is -0.620. The molecule has 0 saturated heterocycles. The molecule has 0 heterocycles. The van der Waals surface area contributed by atoms with Crippen molar-refractivity contribution in [3.8, 4) is 0 Å². The van der Waals surface area contributed by atoms with E-state index in [1.165, 1.54) is 28.1 Å². The van der Waals surface area contributed by atoms with Gasteiger partial charge in [0.1, 0.15) is 0 Å². The standard InChI is InChI=1S/C5H12N2O3S.2C2H6/c1-5(8)7(4)11(9,10)6(2)3;2*1-2/h1-4H3;2*1-2H3. The lowest BCUT2D eigenvalue weighted by Crippen LogP contribution is -2.39. The van der Waals surface area contributed by atoms with E-state index in [4.69, 9.17) is 0 Å². The van der Waals surface area contributed by atoms with Crippen LogP contribution in [0.5, 0.6) is 0 Å². The molecule has 0 aliphatic heterocycles. The van der Waals surface area contributed by atoms with Crippen molar-refractivity contribution in [2.24, 2.45) is 0 Å². The SMILES string of the molecule is CC.CC.CC(=O)N(C)S(=O)(=O)N(C)C. The van der Waals surface area contributed by atoms with Crippen LogP contribution in [0.1, 0.15) is 34.6 Å². The summed E-state index contributed by atoms with van der Waals surface area (Å²) in [4.78, 5) is 10.6. The lowest BCUT2D eigenvalue weighted by molar-refractivity contribution is -0.123. The second kappa shape index (κ2) is 9.92. The van der Waals surface area contributed by atoms with Crippen molar-refractivity contribution in [1.82, 2.24) is 8.61 Å². The molecular formula is C9H24N2O3S. The zero-order valence-corrected chi connectivity index (χ0v) is 11.8. The molecule has 5 nitrogen and oxygen atoms in total. The van der Waals surface area contributed by atoms with Gasteiger partial charge in [-0.15, -0.1) is 0 Å². The van der Waals surface area contributed by atoms with Crippen LogP contribution in [0.2, 0.25) is 0 Å². The molecule has 0 aliphatic carbocycles. The van der Waals surface area contributed by atoms with E-state index in [2.05, 4.69) is 0 Å². The molecule has 0 aliphatic rings. The first kappa shape index (κ1) is 19.9. The van der Waals surface area contributed by atoms with Gasteiger partial charge in [0.25, 0.3) is 0 Å². The number of carbonyl (C=O) groups is 1. The highest BCUT2D eigenvalue weighted by molar-refractivity contribution is 7.87. The topological polar surface area (TPSA) is 57.7 Å². The number of hydrogen-bond donors (Lipinski definition) is 0. The fourth-order valence-electron chi connectivity index (χ4n) is 0.407. The summed E-state index contributed by atoms with van der Waals surface area (Å²) in [6, 6.07) is 0. The Morgan fingerprint density at radius 3 is 1.27 bits per heavy atom. The lowest BCUT2D eigenvalue weighted by atomic mass is 10.7. The number of amides is 1. The highest BCUT2D eigenvalue weighted by Gasteiger charge is 2.21. The van der Waals surface area contributed by atoms with Gasteiger partial charge in [0.15, 0.2) is 0 Å². The predicted molar refractivity (Wildman–Crippen MR) is 63.7 cm³/mol. The van der Waals surface area contributed by atoms with Crippen LogP contribution in [-0.2, 0) is 15.0 Å². The molecule has 0 spiro atoms. The summed E-state index contributed by atoms with van der Waals surface area (Å²) in [5, 5.41) is 0. The molecule has 1 amide bonds. The molecular weight excluding hydrogens is 216 g/mol. The van der Waals surface area contributed by atoms with Crippen LogP contribution in [0.4, 0.5) is 0 Å². The third kappa shape index (κ3) is 7.33. The average molecular weight is 240 g/mol. The van der Waals surface area contributed by atoms with Gasteiger partial charge in [0.2, 0.25) is 5.91 Å². The summed E-state index contributed by atoms with van der Waals surface area (Å²) in [5.74, 6) is -0.501. The van der Waals surface area contributed by atoms with Crippen LogP contribution < -0.4 is 0 Å². The van der Waals surface area contributed by atoms with Crippen molar-refractivity contribution in [2.45, 2.75) is 34.6 Å². The van der Waals surface area contributed by atoms with Gasteiger partial charge in [0.05, 0.1) is 0 Å². The zero-order chi connectivity index (χ0) is 13.2. The molecule has 0 unspecified atom stereocenters. The Morgan fingerprint density at radius 2 is 1.20 bits per heavy atom. The Kier molecular flexibility index (Phi) is 13.1. The van der Waals surface area contributed by atoms with Gasteiger partial charge >= 0.3 is 10.2 Å². The van der Waals surface area contributed by atoms with E-state index in [1.807, 2.05) is 27.7 Å². The van der Waals surface area contributed by atoms with Gasteiger partial charge in [-0.2, -0.15) is 12.7 Å². The Bertz CT molecular complexity index is 248. The van der Waals surface area contributed by atoms with E-state index in [9.17, 15) is 13.2 Å². The first-order valence-electron chi connectivity index (χ1n) is 4.97. The Labute approximate surface area is 94.2 Å². The minimum absolute atomic E-state index is 0.501. The highest BCUT2D eigenvalue weighted by atomic mass is 32.2. The molecule has 0 N–H and O–H groups in total. The van der Waals surface area contributed by atoms with Crippen molar-refractivity contribution in [3.05, 3.63) is 0 Å². The second-order valence-corrected chi connectivity index (χ2v) is 4.45. The van der Waals surface area contributed by atoms with Gasteiger partial charge < -0.3 is 0 Å². The van der Waals surface area contributed by atoms with Crippen LogP contribution >= 0.6 is 0 Å². The molecule has 6 heteroatoms. The molecule has 0 rings (SSSR count). The van der Waals surface area contributed by atoms with E-state index in [0.717, 1.165) is 4.31 Å². The van der Waals surface area contributed by atoms with Crippen LogP contribution in [0.25, 0.3) is 0 Å². The number of nitrogens with zero attached hydrogens (tertiary/aromatic N) is 2. The van der Waals surface area contributed by atoms with E-state index >= 15 is 0 Å². The first-order chi connectivity index (χ1) is 6.80. The van der Waals surface area contributed by atoms with E-state index in [-0.39, 0.29) is 0 Å². The predicted octanol–water partition coefficient (Wildman–Crippen LogP) is 1.32. The average Bonchev–Trinajstić information content (AvgIpc) is 2.22. The maximum absolute atomic E-state index is 11.1. The minimum atomic E-state index is -3.56. The maximum atomic E-state index is 11.1. The van der Waals surface area contributed by atoms with E-state index < -0.39 is 16.1 Å². The smallest absolute Gasteiger partial charge is 0.274 e. The quantitative estimate of drug-likeness (QED) is 0.731. The molecule has 94 valence electrons. The molecule has 0 fully saturated rings. The molecule has 0 radical (unpaired) electrons. The molecule has 0 aromatic carbocycles. The van der Waals surface area contributed by atoms with Crippen molar-refractivity contribution >= 4 is 16.1 Å². The minimum Gasteiger partial charge on any atom is -0.274 e. The third-order valence-corrected chi connectivity index (χ3v) is 3.12. The maximum Gasteiger partial charge on any atom is 0.305 e. The summed E-state index contributed by atoms with van der Waals surface area (Å²) < 4.78 is 23.9. The van der Waals surface area contributed by atoms with Crippen molar-refractivity contribution < 1.29 is 13.2 Å². The van der Waals surface area contributed by atoms with Crippen molar-refractivity contribution in [2.75, 3.05) is 21.1 Å². The van der Waals surface area contributed by atoms with Crippen LogP contribution in [0, 0.1) is 0 Å². The zero-order valence-electron chi connectivity index (χ0n) is 11.0. The van der Waals surface area contributed by atoms with E-state index in [1.54, 1.807) is 0 Å². The summed E-state index contributed by atoms with van der Waals surface area (Å²) in [5.41, 5.74) is 0. The third-order valence-electron chi connectivity index (χ3n) is 1.25. The van der Waals surface area contributed by atoms with E-state index in [0.29, 0.717) is 4.31 Å². The molecule has 0 saturated carbocycles. The highest BCUT2D eigenvalue weighted by Crippen LogP contribution is 2.00. The van der Waals surface area contributed by atoms with Gasteiger partial charge in [-0.25, -0.2) is 4.31 Å². The van der Waals surface area contributed by atoms with Gasteiger partial charge in [-0.3, -0.25) is 4.79 Å². The summed E-state index contributed by atoms with van der Waals surface area (Å²) in [6.07, 6.45) is 0. The van der Waals surface area contributed by atoms with Crippen molar-refractivity contribution in [3.63, 3.8) is 0 Å². The molecule has 0 atom stereocenters. The fraction of sp³-hybridized carbons (Fsp3) is 0.889. The molecule has 0 aromatic rings. The van der Waals surface area contributed by atoms with Crippen LogP contribution in [0.3, 0.4) is 0 Å². The fourth-order valence-corrected chi connectivity index (χ4v) is 1.22. The Morgan fingerprint density at radius 1 is 0.933 bits per heavy atom. The van der Waals surface area contributed by atoms with Gasteiger partial charge in [0, 0.05) is 28.1 Å². The number of hydrogen-bond acceptors (Lipinski definition) is 3. The molecule has 0 bridgehead atoms. The Balaban J connectivity index is -0.000000318. The lowest BCUT2D eigenvalue weighted by Gasteiger charge is -2.19. The normalized spacial score (nSPS) is 9.40. The summed E-state index contributed by atoms with van der Waals surface area (Å²) in [7, 11) is 0.401. The van der Waals surface area contributed by atoms with Crippen molar-refractivity contribution in [1.29, 1.82) is 0 Å². The van der Waals surface area contributed by atoms with Gasteiger partial charge in [-0.1, -0.05) is 27.7 Å². The largest absolute Gasteiger partial charge is 0.305 e. The van der Waals surface area contributed by atoms with Crippen LogP contribution in [-0.4, -0.2) is 44.1 Å². The summed E-state index contributed by atoms with van der Waals surface area (Å²) >= 11 is 0. The monoisotopic (exact) mass is 240 g/mol. The second-order valence-electron chi connectivity index (χ2n) is 2.28. The number of rotatable bonds is 2. The first-order valence-corrected chi connectivity index (χ1v) is 6.36. The number of carbonyl (C=O) groups excluding carboxylic acids is 1. The summed E-state index contributed by atoms with van der Waals surface area (Å²) in [6.45, 7) is 9.20. The van der Waals surface area contributed by atoms with Gasteiger partial charge in [-0.05, 0) is 0 Å². The van der Waals surface area contributed by atoms with Crippen LogP contribution in [0.15, 0.2) is 0 Å². The molecule has 0 aromatic heterocycles. The molecule has 15 heavy (non-hydrogen) atoms.